The molecule has 1 aliphatic rings. The summed E-state index contributed by atoms with van der Waals surface area (Å²) in [5.74, 6) is 0.749. The minimum absolute atomic E-state index is 0.749. The van der Waals surface area contributed by atoms with Crippen LogP contribution in [0.15, 0.2) is 18.5 Å². The van der Waals surface area contributed by atoms with Crippen LogP contribution in [0.4, 0.5) is 5.69 Å². The van der Waals surface area contributed by atoms with Gasteiger partial charge in [-0.1, -0.05) is 0 Å². The molecule has 1 saturated heterocycles. The van der Waals surface area contributed by atoms with E-state index < -0.39 is 0 Å². The molecule has 0 atom stereocenters. The zero-order valence-corrected chi connectivity index (χ0v) is 11.4. The summed E-state index contributed by atoms with van der Waals surface area (Å²) in [7, 11) is 4.14. The van der Waals surface area contributed by atoms with Gasteiger partial charge in [-0.3, -0.25) is 4.98 Å². The first-order valence-electron chi connectivity index (χ1n) is 6.67. The fraction of sp³-hybridized carbons (Fsp3) is 0.643. The van der Waals surface area contributed by atoms with Crippen LogP contribution in [-0.4, -0.2) is 38.8 Å². The van der Waals surface area contributed by atoms with E-state index in [2.05, 4.69) is 28.3 Å². The van der Waals surface area contributed by atoms with E-state index in [1.807, 2.05) is 19.4 Å². The molecule has 1 fully saturated rings. The summed E-state index contributed by atoms with van der Waals surface area (Å²) in [6, 6.07) is 2.10. The summed E-state index contributed by atoms with van der Waals surface area (Å²) in [5.41, 5.74) is 2.54. The number of pyridine rings is 1. The Labute approximate surface area is 109 Å². The third kappa shape index (κ3) is 3.43. The van der Waals surface area contributed by atoms with Crippen molar-refractivity contribution >= 4 is 5.69 Å². The molecule has 1 aromatic rings. The van der Waals surface area contributed by atoms with E-state index in [9.17, 15) is 0 Å². The van der Waals surface area contributed by atoms with Gasteiger partial charge in [0.1, 0.15) is 0 Å². The number of aromatic nitrogens is 1. The molecule has 1 N–H and O–H groups in total. The number of nitrogens with one attached hydrogen (secondary N) is 1. The van der Waals surface area contributed by atoms with Crippen molar-refractivity contribution in [3.8, 4) is 0 Å². The summed E-state index contributed by atoms with van der Waals surface area (Å²) in [5, 5.41) is 3.20. The van der Waals surface area contributed by atoms with Gasteiger partial charge in [0.05, 0.1) is 0 Å². The maximum absolute atomic E-state index is 5.41. The predicted molar refractivity (Wildman–Crippen MR) is 73.8 cm³/mol. The van der Waals surface area contributed by atoms with E-state index >= 15 is 0 Å². The first-order chi connectivity index (χ1) is 8.81. The van der Waals surface area contributed by atoms with Gasteiger partial charge in [-0.15, -0.1) is 0 Å². The van der Waals surface area contributed by atoms with Crippen LogP contribution >= 0.6 is 0 Å². The molecule has 4 nitrogen and oxygen atoms in total. The van der Waals surface area contributed by atoms with Crippen LogP contribution in [0.1, 0.15) is 18.4 Å². The van der Waals surface area contributed by atoms with Crippen LogP contribution in [0.2, 0.25) is 0 Å². The summed E-state index contributed by atoms with van der Waals surface area (Å²) >= 11 is 0. The van der Waals surface area contributed by atoms with Crippen LogP contribution in [0.5, 0.6) is 0 Å². The quantitative estimate of drug-likeness (QED) is 0.861. The molecule has 0 saturated carbocycles. The van der Waals surface area contributed by atoms with Gasteiger partial charge in [-0.25, -0.2) is 0 Å². The summed E-state index contributed by atoms with van der Waals surface area (Å²) < 4.78 is 5.41. The molecule has 4 heteroatoms. The highest BCUT2D eigenvalue weighted by Crippen LogP contribution is 2.22. The summed E-state index contributed by atoms with van der Waals surface area (Å²) in [6.45, 7) is 3.79. The van der Waals surface area contributed by atoms with E-state index in [-0.39, 0.29) is 0 Å². The number of nitrogens with zero attached hydrogens (tertiary/aromatic N) is 2. The average molecular weight is 249 g/mol. The molecule has 0 radical (unpaired) electrons. The monoisotopic (exact) mass is 249 g/mol. The molecule has 100 valence electrons. The van der Waals surface area contributed by atoms with Crippen LogP contribution in [0, 0.1) is 5.92 Å². The molecule has 0 unspecified atom stereocenters. The second kappa shape index (κ2) is 6.71. The fourth-order valence-corrected chi connectivity index (χ4v) is 2.53. The maximum atomic E-state index is 5.41. The van der Waals surface area contributed by atoms with Crippen molar-refractivity contribution in [2.24, 2.45) is 5.92 Å². The van der Waals surface area contributed by atoms with Gasteiger partial charge >= 0.3 is 0 Å². The second-order valence-electron chi connectivity index (χ2n) is 4.97. The van der Waals surface area contributed by atoms with Crippen molar-refractivity contribution in [3.63, 3.8) is 0 Å². The Hall–Kier alpha value is -1.13. The molecule has 0 aromatic carbocycles. The first-order valence-corrected chi connectivity index (χ1v) is 6.67. The number of hydrogen-bond donors (Lipinski definition) is 1. The Morgan fingerprint density at radius 2 is 2.22 bits per heavy atom. The summed E-state index contributed by atoms with van der Waals surface area (Å²) in [4.78, 5) is 6.56. The standard InChI is InChI=1S/C14H23N3O/c1-15-9-13-10-16-6-3-14(13)17(2)11-12-4-7-18-8-5-12/h3,6,10,12,15H,4-5,7-9,11H2,1-2H3. The lowest BCUT2D eigenvalue weighted by molar-refractivity contribution is 0.0685. The van der Waals surface area contributed by atoms with Crippen LogP contribution in [-0.2, 0) is 11.3 Å². The van der Waals surface area contributed by atoms with Crippen LogP contribution < -0.4 is 10.2 Å². The van der Waals surface area contributed by atoms with E-state index in [1.165, 1.54) is 24.1 Å². The van der Waals surface area contributed by atoms with E-state index in [0.717, 1.165) is 32.2 Å². The average Bonchev–Trinajstić information content (AvgIpc) is 2.41. The van der Waals surface area contributed by atoms with Gasteiger partial charge < -0.3 is 15.0 Å². The molecule has 1 aromatic heterocycles. The van der Waals surface area contributed by atoms with Gasteiger partial charge in [0, 0.05) is 57.0 Å². The lowest BCUT2D eigenvalue weighted by Gasteiger charge is -2.29. The maximum Gasteiger partial charge on any atom is 0.0469 e. The molecule has 0 amide bonds. The van der Waals surface area contributed by atoms with Crippen LogP contribution in [0.3, 0.4) is 0 Å². The van der Waals surface area contributed by atoms with Gasteiger partial charge in [0.15, 0.2) is 0 Å². The minimum atomic E-state index is 0.749. The van der Waals surface area contributed by atoms with Gasteiger partial charge in [0.2, 0.25) is 0 Å². The number of rotatable bonds is 5. The van der Waals surface area contributed by atoms with Gasteiger partial charge in [-0.05, 0) is 31.9 Å². The second-order valence-corrected chi connectivity index (χ2v) is 4.97. The molecule has 1 aliphatic heterocycles. The van der Waals surface area contributed by atoms with Crippen molar-refractivity contribution in [1.29, 1.82) is 0 Å². The molecule has 2 heterocycles. The molecular formula is C14H23N3O. The molecule has 2 rings (SSSR count). The SMILES string of the molecule is CNCc1cnccc1N(C)CC1CCOCC1. The topological polar surface area (TPSA) is 37.4 Å². The van der Waals surface area contributed by atoms with Gasteiger partial charge in [0.25, 0.3) is 0 Å². The number of hydrogen-bond acceptors (Lipinski definition) is 4. The zero-order chi connectivity index (χ0) is 12.8. The van der Waals surface area contributed by atoms with E-state index in [4.69, 9.17) is 4.74 Å². The van der Waals surface area contributed by atoms with Crippen LogP contribution in [0.25, 0.3) is 0 Å². The smallest absolute Gasteiger partial charge is 0.0469 e. The van der Waals surface area contributed by atoms with Crippen molar-refractivity contribution in [2.75, 3.05) is 38.8 Å². The molecule has 0 aliphatic carbocycles. The lowest BCUT2D eigenvalue weighted by Crippen LogP contribution is -2.30. The Morgan fingerprint density at radius 1 is 1.44 bits per heavy atom. The number of anilines is 1. The van der Waals surface area contributed by atoms with Crippen molar-refractivity contribution in [3.05, 3.63) is 24.0 Å². The Kier molecular flexibility index (Phi) is 4.96. The third-order valence-electron chi connectivity index (χ3n) is 3.53. The molecule has 0 spiro atoms. The van der Waals surface area contributed by atoms with Gasteiger partial charge in [-0.2, -0.15) is 0 Å². The first kappa shape index (κ1) is 13.3. The van der Waals surface area contributed by atoms with Crippen molar-refractivity contribution in [1.82, 2.24) is 10.3 Å². The Morgan fingerprint density at radius 3 is 2.94 bits per heavy atom. The minimum Gasteiger partial charge on any atom is -0.381 e. The Balaban J connectivity index is 2.00. The molecule has 18 heavy (non-hydrogen) atoms. The third-order valence-corrected chi connectivity index (χ3v) is 3.53. The summed E-state index contributed by atoms with van der Waals surface area (Å²) in [6.07, 6.45) is 6.18. The lowest BCUT2D eigenvalue weighted by atomic mass is 9.99. The predicted octanol–water partition coefficient (Wildman–Crippen LogP) is 1.66. The fourth-order valence-electron chi connectivity index (χ4n) is 2.53. The van der Waals surface area contributed by atoms with Crippen molar-refractivity contribution in [2.45, 2.75) is 19.4 Å². The molecule has 0 bridgehead atoms. The zero-order valence-electron chi connectivity index (χ0n) is 11.4. The van der Waals surface area contributed by atoms with E-state index in [1.54, 1.807) is 0 Å². The highest BCUT2D eigenvalue weighted by atomic mass is 16.5. The van der Waals surface area contributed by atoms with E-state index in [0.29, 0.717) is 0 Å². The highest BCUT2D eigenvalue weighted by Gasteiger charge is 2.17. The molecular weight excluding hydrogens is 226 g/mol. The number of ether oxygens (including phenoxy) is 1. The highest BCUT2D eigenvalue weighted by molar-refractivity contribution is 5.51. The van der Waals surface area contributed by atoms with Crippen molar-refractivity contribution < 1.29 is 4.74 Å². The normalized spacial score (nSPS) is 16.8. The largest absolute Gasteiger partial charge is 0.381 e. The Bertz CT molecular complexity index is 364.